The van der Waals surface area contributed by atoms with Gasteiger partial charge in [0, 0.05) is 24.6 Å². The second-order valence-corrected chi connectivity index (χ2v) is 10.8. The lowest BCUT2D eigenvalue weighted by Gasteiger charge is -2.17. The molecule has 2 N–H and O–H groups in total. The molecule has 1 fully saturated rings. The van der Waals surface area contributed by atoms with E-state index in [4.69, 9.17) is 14.8 Å². The van der Waals surface area contributed by atoms with Crippen molar-refractivity contribution < 1.29 is 14.6 Å². The van der Waals surface area contributed by atoms with Crippen LogP contribution >= 0.6 is 23.5 Å². The minimum Gasteiger partial charge on any atom is -0.491 e. The molecule has 3 aromatic rings. The number of hydrogen-bond donors (Lipinski definition) is 2. The topological polar surface area (TPSA) is 101 Å². The highest BCUT2D eigenvalue weighted by atomic mass is 32.2. The Morgan fingerprint density at radius 1 is 1.10 bits per heavy atom. The van der Waals surface area contributed by atoms with Gasteiger partial charge in [-0.2, -0.15) is 5.26 Å². The first-order valence-electron chi connectivity index (χ1n) is 12.5. The van der Waals surface area contributed by atoms with Crippen molar-refractivity contribution in [3.8, 4) is 11.8 Å². The predicted octanol–water partition coefficient (Wildman–Crippen LogP) is 5.54. The van der Waals surface area contributed by atoms with Crippen LogP contribution in [0, 0.1) is 11.3 Å². The molecule has 0 atom stereocenters. The SMILES string of the molecule is CCNc1ccc(C#N)cc1N=C1SC(=C2Sc3ccc(OCCO)cc3N2C)C(=O)N1Cc1ccccc1. The first-order valence-corrected chi connectivity index (χ1v) is 14.1. The molecular weight excluding hydrogens is 530 g/mol. The molecule has 8 nitrogen and oxygen atoms in total. The lowest BCUT2D eigenvalue weighted by molar-refractivity contribution is -0.122. The number of rotatable bonds is 8. The van der Waals surface area contributed by atoms with E-state index in [0.29, 0.717) is 40.2 Å². The van der Waals surface area contributed by atoms with Crippen molar-refractivity contribution in [3.05, 3.63) is 87.8 Å². The van der Waals surface area contributed by atoms with Gasteiger partial charge in [0.25, 0.3) is 5.91 Å². The van der Waals surface area contributed by atoms with Crippen LogP contribution in [-0.2, 0) is 11.3 Å². The van der Waals surface area contributed by atoms with Gasteiger partial charge < -0.3 is 20.1 Å². The molecule has 2 aliphatic heterocycles. The maximum atomic E-state index is 13.9. The number of aliphatic hydroxyl groups is 1. The van der Waals surface area contributed by atoms with Crippen molar-refractivity contribution in [2.75, 3.05) is 37.0 Å². The number of anilines is 2. The minimum absolute atomic E-state index is 0.0613. The number of benzene rings is 3. The summed E-state index contributed by atoms with van der Waals surface area (Å²) in [5, 5.41) is 23.3. The third-order valence-corrected chi connectivity index (χ3v) is 8.55. The molecule has 5 rings (SSSR count). The second kappa shape index (κ2) is 11.9. The Kier molecular flexibility index (Phi) is 8.12. The molecule has 0 saturated carbocycles. The lowest BCUT2D eigenvalue weighted by atomic mass is 10.2. The highest BCUT2D eigenvalue weighted by Gasteiger charge is 2.39. The summed E-state index contributed by atoms with van der Waals surface area (Å²) < 4.78 is 5.60. The Morgan fingerprint density at radius 3 is 2.67 bits per heavy atom. The Labute approximate surface area is 236 Å². The summed E-state index contributed by atoms with van der Waals surface area (Å²) in [6, 6.07) is 23.1. The average Bonchev–Trinajstić information content (AvgIpc) is 3.44. The lowest BCUT2D eigenvalue weighted by Crippen LogP contribution is -2.29. The highest BCUT2D eigenvalue weighted by molar-refractivity contribution is 8.19. The first kappa shape index (κ1) is 26.7. The van der Waals surface area contributed by atoms with Crippen molar-refractivity contribution in [3.63, 3.8) is 0 Å². The maximum absolute atomic E-state index is 13.9. The first-order chi connectivity index (χ1) is 19.0. The van der Waals surface area contributed by atoms with E-state index in [9.17, 15) is 10.1 Å². The second-order valence-electron chi connectivity index (χ2n) is 8.74. The van der Waals surface area contributed by atoms with E-state index in [1.807, 2.05) is 73.5 Å². The summed E-state index contributed by atoms with van der Waals surface area (Å²) in [4.78, 5) is 24.2. The van der Waals surface area contributed by atoms with Crippen LogP contribution in [0.15, 0.2) is 86.6 Å². The number of aliphatic hydroxyl groups excluding tert-OH is 1. The fourth-order valence-corrected chi connectivity index (χ4v) is 6.56. The fraction of sp³-hybridized carbons (Fsp3) is 0.207. The van der Waals surface area contributed by atoms with E-state index in [0.717, 1.165) is 26.9 Å². The molecule has 2 aliphatic rings. The van der Waals surface area contributed by atoms with Crippen molar-refractivity contribution in [1.29, 1.82) is 5.26 Å². The number of thioether (sulfide) groups is 2. The number of nitrogens with one attached hydrogen (secondary N) is 1. The maximum Gasteiger partial charge on any atom is 0.269 e. The van der Waals surface area contributed by atoms with Crippen LogP contribution in [0.4, 0.5) is 17.1 Å². The van der Waals surface area contributed by atoms with Crippen molar-refractivity contribution >= 4 is 51.7 Å². The van der Waals surface area contributed by atoms with Gasteiger partial charge in [0.05, 0.1) is 46.9 Å². The number of nitrogens with zero attached hydrogens (tertiary/aromatic N) is 4. The molecule has 1 saturated heterocycles. The molecule has 198 valence electrons. The number of fused-ring (bicyclic) bond motifs is 1. The van der Waals surface area contributed by atoms with Gasteiger partial charge in [0.1, 0.15) is 17.3 Å². The smallest absolute Gasteiger partial charge is 0.269 e. The number of nitriles is 1. The molecule has 0 bridgehead atoms. The van der Waals surface area contributed by atoms with Gasteiger partial charge in [-0.25, -0.2) is 4.99 Å². The quantitative estimate of drug-likeness (QED) is 0.349. The molecule has 0 radical (unpaired) electrons. The summed E-state index contributed by atoms with van der Waals surface area (Å²) in [6.45, 7) is 3.22. The molecule has 10 heteroatoms. The van der Waals surface area contributed by atoms with Crippen molar-refractivity contribution in [2.24, 2.45) is 4.99 Å². The average molecular weight is 558 g/mol. The van der Waals surface area contributed by atoms with Crippen LogP contribution in [0.1, 0.15) is 18.1 Å². The summed E-state index contributed by atoms with van der Waals surface area (Å²) in [5.74, 6) is 0.538. The number of amides is 1. The normalized spacial score (nSPS) is 17.5. The van der Waals surface area contributed by atoms with Gasteiger partial charge >= 0.3 is 0 Å². The zero-order valence-corrected chi connectivity index (χ0v) is 23.2. The van der Waals surface area contributed by atoms with Crippen molar-refractivity contribution in [1.82, 2.24) is 4.90 Å². The van der Waals surface area contributed by atoms with E-state index < -0.39 is 0 Å². The summed E-state index contributed by atoms with van der Waals surface area (Å²) in [7, 11) is 1.93. The number of ether oxygens (including phenoxy) is 1. The minimum atomic E-state index is -0.122. The molecule has 1 amide bonds. The Hall–Kier alpha value is -3.91. The largest absolute Gasteiger partial charge is 0.491 e. The number of hydrogen-bond acceptors (Lipinski definition) is 9. The van der Waals surface area contributed by atoms with Gasteiger partial charge in [0.2, 0.25) is 0 Å². The van der Waals surface area contributed by atoms with Crippen molar-refractivity contribution in [2.45, 2.75) is 18.4 Å². The fourth-order valence-electron chi connectivity index (χ4n) is 4.24. The van der Waals surface area contributed by atoms with Crippen LogP contribution in [0.5, 0.6) is 5.75 Å². The molecule has 0 aromatic heterocycles. The summed E-state index contributed by atoms with van der Waals surface area (Å²) in [6.07, 6.45) is 0. The van der Waals surface area contributed by atoms with Gasteiger partial charge in [-0.1, -0.05) is 42.1 Å². The predicted molar refractivity (Wildman–Crippen MR) is 157 cm³/mol. The molecule has 0 unspecified atom stereocenters. The Balaban J connectivity index is 1.55. The number of aliphatic imine (C=N–C) groups is 1. The van der Waals surface area contributed by atoms with Crippen LogP contribution < -0.4 is 15.0 Å². The number of carbonyl (C=O) groups is 1. The Bertz CT molecular complexity index is 1500. The molecule has 2 heterocycles. The summed E-state index contributed by atoms with van der Waals surface area (Å²) >= 11 is 2.87. The summed E-state index contributed by atoms with van der Waals surface area (Å²) in [5.41, 5.74) is 3.83. The van der Waals surface area contributed by atoms with Gasteiger partial charge in [-0.3, -0.25) is 9.69 Å². The van der Waals surface area contributed by atoms with Crippen LogP contribution in [0.3, 0.4) is 0 Å². The van der Waals surface area contributed by atoms with Gasteiger partial charge in [-0.15, -0.1) is 0 Å². The molecule has 3 aromatic carbocycles. The van der Waals surface area contributed by atoms with E-state index in [1.165, 1.54) is 23.5 Å². The standard InChI is InChI=1S/C29H27N5O3S2/c1-3-31-22-11-9-20(17-30)15-23(22)32-29-34(18-19-7-5-4-6-8-19)27(36)26(39-29)28-33(2)24-16-21(37-14-13-35)10-12-25(24)38-28/h4-12,15-16,31,35H,3,13-14,18H2,1-2H3. The Morgan fingerprint density at radius 2 is 1.92 bits per heavy atom. The monoisotopic (exact) mass is 557 g/mol. The third-order valence-electron chi connectivity index (χ3n) is 6.11. The van der Waals surface area contributed by atoms with E-state index in [2.05, 4.69) is 11.4 Å². The third kappa shape index (κ3) is 5.61. The number of carbonyl (C=O) groups excluding carboxylic acids is 1. The van der Waals surface area contributed by atoms with Crippen LogP contribution in [0.25, 0.3) is 0 Å². The van der Waals surface area contributed by atoms with E-state index in [-0.39, 0.29) is 19.1 Å². The molecular formula is C29H27N5O3S2. The van der Waals surface area contributed by atoms with Crippen LogP contribution in [0.2, 0.25) is 0 Å². The molecule has 39 heavy (non-hydrogen) atoms. The van der Waals surface area contributed by atoms with Gasteiger partial charge in [-0.05, 0) is 54.6 Å². The molecule has 0 spiro atoms. The molecule has 0 aliphatic carbocycles. The van der Waals surface area contributed by atoms with E-state index >= 15 is 0 Å². The highest BCUT2D eigenvalue weighted by Crippen LogP contribution is 2.51. The van der Waals surface area contributed by atoms with Crippen LogP contribution in [-0.4, -0.2) is 47.9 Å². The zero-order valence-electron chi connectivity index (χ0n) is 21.5. The van der Waals surface area contributed by atoms with Gasteiger partial charge in [0.15, 0.2) is 5.17 Å². The zero-order chi connectivity index (χ0) is 27.4. The number of amidine groups is 1. The van der Waals surface area contributed by atoms with E-state index in [1.54, 1.807) is 17.0 Å².